The number of carbonyl (C=O) groups excluding carboxylic acids is 1. The van der Waals surface area contributed by atoms with Crippen LogP contribution in [0.4, 0.5) is 11.6 Å². The molecule has 0 atom stereocenters. The molecule has 0 aliphatic rings. The monoisotopic (exact) mass is 367 g/mol. The lowest BCUT2D eigenvalue weighted by Crippen LogP contribution is -2.29. The summed E-state index contributed by atoms with van der Waals surface area (Å²) in [6.45, 7) is 5.57. The van der Waals surface area contributed by atoms with E-state index < -0.39 is 0 Å². The average molecular weight is 368 g/mol. The predicted molar refractivity (Wildman–Crippen MR) is 98.2 cm³/mol. The molecule has 1 aromatic carbocycles. The maximum atomic E-state index is 12.1. The van der Waals surface area contributed by atoms with Crippen LogP contribution in [0.5, 0.6) is 0 Å². The molecular weight excluding hydrogens is 349 g/mol. The molecule has 24 heavy (non-hydrogen) atoms. The summed E-state index contributed by atoms with van der Waals surface area (Å²) in [7, 11) is 0. The molecule has 8 heteroatoms. The molecule has 0 spiro atoms. The van der Waals surface area contributed by atoms with Crippen molar-refractivity contribution >= 4 is 40.7 Å². The number of aromatic nitrogens is 2. The van der Waals surface area contributed by atoms with Crippen molar-refractivity contribution in [2.24, 2.45) is 0 Å². The second-order valence-electron chi connectivity index (χ2n) is 5.02. The van der Waals surface area contributed by atoms with Crippen LogP contribution in [0.15, 0.2) is 24.3 Å². The number of amides is 1. The van der Waals surface area contributed by atoms with E-state index in [2.05, 4.69) is 25.9 Å². The summed E-state index contributed by atoms with van der Waals surface area (Å²) in [6, 6.07) is 6.60. The van der Waals surface area contributed by atoms with Gasteiger partial charge in [0.05, 0.1) is 10.6 Å². The summed E-state index contributed by atoms with van der Waals surface area (Å²) in [4.78, 5) is 20.7. The Hall–Kier alpha value is -2.05. The third kappa shape index (κ3) is 5.25. The third-order valence-electron chi connectivity index (χ3n) is 3.09. The van der Waals surface area contributed by atoms with Gasteiger partial charge in [-0.25, -0.2) is 9.97 Å². The number of rotatable bonds is 7. The van der Waals surface area contributed by atoms with E-state index in [1.165, 1.54) is 0 Å². The van der Waals surface area contributed by atoms with Crippen molar-refractivity contribution < 1.29 is 4.79 Å². The molecule has 0 radical (unpaired) electrons. The molecule has 1 aromatic heterocycles. The zero-order valence-corrected chi connectivity index (χ0v) is 15.0. The van der Waals surface area contributed by atoms with Crippen LogP contribution in [-0.4, -0.2) is 35.5 Å². The van der Waals surface area contributed by atoms with Crippen LogP contribution in [-0.2, 0) is 0 Å². The first-order chi connectivity index (χ1) is 11.5. The maximum Gasteiger partial charge on any atom is 0.252 e. The molecule has 0 fully saturated rings. The molecule has 0 aliphatic heterocycles. The quantitative estimate of drug-likeness (QED) is 0.653. The minimum atomic E-state index is -0.245. The smallest absolute Gasteiger partial charge is 0.252 e. The van der Waals surface area contributed by atoms with Crippen LogP contribution in [0.3, 0.4) is 0 Å². The normalized spacial score (nSPS) is 10.3. The molecule has 1 amide bonds. The highest BCUT2D eigenvalue weighted by Gasteiger charge is 2.10. The zero-order chi connectivity index (χ0) is 17.5. The van der Waals surface area contributed by atoms with Gasteiger partial charge in [-0.15, -0.1) is 0 Å². The molecule has 0 saturated carbocycles. The van der Waals surface area contributed by atoms with Gasteiger partial charge < -0.3 is 16.0 Å². The van der Waals surface area contributed by atoms with Gasteiger partial charge in [-0.1, -0.05) is 23.2 Å². The first-order valence-electron chi connectivity index (χ1n) is 7.56. The largest absolute Gasteiger partial charge is 0.370 e. The van der Waals surface area contributed by atoms with E-state index in [0.717, 1.165) is 12.4 Å². The lowest BCUT2D eigenvalue weighted by atomic mass is 10.2. The van der Waals surface area contributed by atoms with Gasteiger partial charge in [0.25, 0.3) is 5.91 Å². The van der Waals surface area contributed by atoms with E-state index in [-0.39, 0.29) is 5.91 Å². The number of aryl methyl sites for hydroxylation is 1. The Morgan fingerprint density at radius 1 is 1.08 bits per heavy atom. The minimum absolute atomic E-state index is 0.245. The highest BCUT2D eigenvalue weighted by atomic mass is 35.5. The Kier molecular flexibility index (Phi) is 6.63. The van der Waals surface area contributed by atoms with Gasteiger partial charge in [0.1, 0.15) is 17.5 Å². The number of anilines is 2. The van der Waals surface area contributed by atoms with Crippen molar-refractivity contribution in [3.8, 4) is 0 Å². The fourth-order valence-corrected chi connectivity index (χ4v) is 2.56. The van der Waals surface area contributed by atoms with Crippen molar-refractivity contribution in [2.45, 2.75) is 13.8 Å². The summed E-state index contributed by atoms with van der Waals surface area (Å²) in [5.74, 6) is 1.90. The van der Waals surface area contributed by atoms with Crippen LogP contribution in [0.2, 0.25) is 10.0 Å². The van der Waals surface area contributed by atoms with Gasteiger partial charge in [-0.2, -0.15) is 0 Å². The maximum absolute atomic E-state index is 12.1. The molecule has 0 unspecified atom stereocenters. The van der Waals surface area contributed by atoms with Gasteiger partial charge in [-0.05, 0) is 32.0 Å². The Morgan fingerprint density at radius 2 is 1.79 bits per heavy atom. The Bertz CT molecular complexity index is 724. The first kappa shape index (κ1) is 18.3. The molecule has 128 valence electrons. The van der Waals surface area contributed by atoms with Crippen molar-refractivity contribution in [3.63, 3.8) is 0 Å². The topological polar surface area (TPSA) is 78.9 Å². The Labute approximate surface area is 151 Å². The summed E-state index contributed by atoms with van der Waals surface area (Å²) in [5, 5.41) is 9.92. The highest BCUT2D eigenvalue weighted by molar-refractivity contribution is 6.36. The first-order valence-corrected chi connectivity index (χ1v) is 8.32. The lowest BCUT2D eigenvalue weighted by molar-refractivity contribution is 0.0955. The van der Waals surface area contributed by atoms with E-state index in [9.17, 15) is 4.79 Å². The number of benzene rings is 1. The number of nitrogens with zero attached hydrogens (tertiary/aromatic N) is 2. The standard InChI is InChI=1S/C16H19Cl2N5O/c1-3-19-14-9-15(23-10(2)22-14)20-6-7-21-16(24)12-5-4-11(17)8-13(12)18/h4-5,8-9H,3,6-7H2,1-2H3,(H,21,24)(H2,19,20,22,23). The van der Waals surface area contributed by atoms with E-state index in [0.29, 0.717) is 40.3 Å². The second-order valence-corrected chi connectivity index (χ2v) is 5.87. The van der Waals surface area contributed by atoms with E-state index in [1.807, 2.05) is 19.9 Å². The Balaban J connectivity index is 1.85. The van der Waals surface area contributed by atoms with Crippen molar-refractivity contribution in [1.29, 1.82) is 0 Å². The van der Waals surface area contributed by atoms with Crippen molar-refractivity contribution in [2.75, 3.05) is 30.3 Å². The van der Waals surface area contributed by atoms with Gasteiger partial charge >= 0.3 is 0 Å². The molecule has 3 N–H and O–H groups in total. The average Bonchev–Trinajstić information content (AvgIpc) is 2.51. The van der Waals surface area contributed by atoms with E-state index in [4.69, 9.17) is 23.2 Å². The molecule has 0 aliphatic carbocycles. The zero-order valence-electron chi connectivity index (χ0n) is 13.5. The fraction of sp³-hybridized carbons (Fsp3) is 0.312. The number of hydrogen-bond donors (Lipinski definition) is 3. The van der Waals surface area contributed by atoms with Crippen molar-refractivity contribution in [3.05, 3.63) is 45.7 Å². The summed E-state index contributed by atoms with van der Waals surface area (Å²) < 4.78 is 0. The molecule has 1 heterocycles. The number of carbonyl (C=O) groups is 1. The van der Waals surface area contributed by atoms with Gasteiger partial charge in [0, 0.05) is 30.7 Å². The Morgan fingerprint density at radius 3 is 2.46 bits per heavy atom. The minimum Gasteiger partial charge on any atom is -0.370 e. The molecule has 0 bridgehead atoms. The number of nitrogens with one attached hydrogen (secondary N) is 3. The third-order valence-corrected chi connectivity index (χ3v) is 3.64. The van der Waals surface area contributed by atoms with Crippen molar-refractivity contribution in [1.82, 2.24) is 15.3 Å². The SMILES string of the molecule is CCNc1cc(NCCNC(=O)c2ccc(Cl)cc2Cl)nc(C)n1. The van der Waals surface area contributed by atoms with Crippen LogP contribution in [0.25, 0.3) is 0 Å². The predicted octanol–water partition coefficient (Wildman–Crippen LogP) is 3.37. The van der Waals surface area contributed by atoms with Crippen LogP contribution >= 0.6 is 23.2 Å². The summed E-state index contributed by atoms with van der Waals surface area (Å²) in [5.41, 5.74) is 0.397. The highest BCUT2D eigenvalue weighted by Crippen LogP contribution is 2.20. The summed E-state index contributed by atoms with van der Waals surface area (Å²) >= 11 is 11.8. The molecule has 2 rings (SSSR count). The van der Waals surface area contributed by atoms with Gasteiger partial charge in [-0.3, -0.25) is 4.79 Å². The molecule has 6 nitrogen and oxygen atoms in total. The number of halogens is 2. The van der Waals surface area contributed by atoms with Crippen LogP contribution in [0, 0.1) is 6.92 Å². The van der Waals surface area contributed by atoms with E-state index in [1.54, 1.807) is 18.2 Å². The van der Waals surface area contributed by atoms with Gasteiger partial charge in [0.15, 0.2) is 0 Å². The summed E-state index contributed by atoms with van der Waals surface area (Å²) in [6.07, 6.45) is 0. The van der Waals surface area contributed by atoms with Crippen LogP contribution in [0.1, 0.15) is 23.1 Å². The molecule has 2 aromatic rings. The second kappa shape index (κ2) is 8.70. The van der Waals surface area contributed by atoms with Gasteiger partial charge in [0.2, 0.25) is 0 Å². The lowest BCUT2D eigenvalue weighted by Gasteiger charge is -2.10. The van der Waals surface area contributed by atoms with E-state index >= 15 is 0 Å². The fourth-order valence-electron chi connectivity index (χ4n) is 2.07. The molecular formula is C16H19Cl2N5O. The number of hydrogen-bond acceptors (Lipinski definition) is 5. The van der Waals surface area contributed by atoms with Crippen LogP contribution < -0.4 is 16.0 Å². The molecule has 0 saturated heterocycles.